The number of sulfone groups is 1. The Labute approximate surface area is 193 Å². The third-order valence-corrected chi connectivity index (χ3v) is 7.11. The first-order chi connectivity index (χ1) is 16.0. The Kier molecular flexibility index (Phi) is 6.70. The SMILES string of the molecule is CCc1ccc(-c2nn(-c3ccccc3)cc2C(=O)NCCS(=O)(=O)c2ccccc2)cc1. The predicted molar refractivity (Wildman–Crippen MR) is 129 cm³/mol. The van der Waals surface area contributed by atoms with Crippen LogP contribution in [0.25, 0.3) is 16.9 Å². The fourth-order valence-corrected chi connectivity index (χ4v) is 4.68. The highest BCUT2D eigenvalue weighted by atomic mass is 32.2. The molecule has 4 rings (SSSR count). The van der Waals surface area contributed by atoms with E-state index in [2.05, 4.69) is 17.3 Å². The highest BCUT2D eigenvalue weighted by Gasteiger charge is 2.20. The summed E-state index contributed by atoms with van der Waals surface area (Å²) in [5.41, 5.74) is 3.78. The number of hydrogen-bond donors (Lipinski definition) is 1. The molecule has 0 bridgehead atoms. The minimum Gasteiger partial charge on any atom is -0.351 e. The first kappa shape index (κ1) is 22.5. The van der Waals surface area contributed by atoms with Crippen molar-refractivity contribution in [3.63, 3.8) is 0 Å². The molecule has 3 aromatic carbocycles. The molecule has 168 valence electrons. The van der Waals surface area contributed by atoms with Gasteiger partial charge in [-0.15, -0.1) is 0 Å². The van der Waals surface area contributed by atoms with Gasteiger partial charge in [-0.1, -0.05) is 67.6 Å². The summed E-state index contributed by atoms with van der Waals surface area (Å²) in [6.45, 7) is 2.09. The number of hydrogen-bond acceptors (Lipinski definition) is 4. The summed E-state index contributed by atoms with van der Waals surface area (Å²) in [5.74, 6) is -0.550. The number of nitrogens with zero attached hydrogens (tertiary/aromatic N) is 2. The monoisotopic (exact) mass is 459 g/mol. The number of para-hydroxylation sites is 1. The Morgan fingerprint density at radius 3 is 2.18 bits per heavy atom. The van der Waals surface area contributed by atoms with Crippen LogP contribution in [0.2, 0.25) is 0 Å². The predicted octanol–water partition coefficient (Wildman–Crippen LogP) is 4.31. The summed E-state index contributed by atoms with van der Waals surface area (Å²) in [4.78, 5) is 13.3. The Morgan fingerprint density at radius 1 is 0.909 bits per heavy atom. The standard InChI is InChI=1S/C26H25N3O3S/c1-2-20-13-15-21(16-14-20)25-24(19-29(28-25)22-9-5-3-6-10-22)26(30)27-17-18-33(31,32)23-11-7-4-8-12-23/h3-16,19H,2,17-18H2,1H3,(H,27,30). The van der Waals surface area contributed by atoms with Crippen molar-refractivity contribution >= 4 is 15.7 Å². The van der Waals surface area contributed by atoms with Crippen LogP contribution < -0.4 is 5.32 Å². The summed E-state index contributed by atoms with van der Waals surface area (Å²) >= 11 is 0. The van der Waals surface area contributed by atoms with Crippen LogP contribution in [0.4, 0.5) is 0 Å². The van der Waals surface area contributed by atoms with E-state index in [0.29, 0.717) is 11.3 Å². The van der Waals surface area contributed by atoms with E-state index in [0.717, 1.165) is 17.7 Å². The largest absolute Gasteiger partial charge is 0.351 e. The molecule has 7 heteroatoms. The van der Waals surface area contributed by atoms with Crippen molar-refractivity contribution in [3.05, 3.63) is 102 Å². The first-order valence-corrected chi connectivity index (χ1v) is 12.4. The molecule has 1 heterocycles. The maximum absolute atomic E-state index is 13.1. The molecule has 0 saturated heterocycles. The molecule has 0 atom stereocenters. The van der Waals surface area contributed by atoms with Crippen LogP contribution in [0.1, 0.15) is 22.8 Å². The molecule has 0 aliphatic heterocycles. The van der Waals surface area contributed by atoms with Crippen LogP contribution in [-0.2, 0) is 16.3 Å². The molecule has 0 fully saturated rings. The van der Waals surface area contributed by atoms with Crippen molar-refractivity contribution in [2.75, 3.05) is 12.3 Å². The molecule has 0 radical (unpaired) electrons. The molecular formula is C26H25N3O3S. The smallest absolute Gasteiger partial charge is 0.255 e. The van der Waals surface area contributed by atoms with Gasteiger partial charge in [-0.05, 0) is 36.2 Å². The molecule has 33 heavy (non-hydrogen) atoms. The van der Waals surface area contributed by atoms with Gasteiger partial charge in [0.15, 0.2) is 9.84 Å². The molecule has 1 amide bonds. The second-order valence-electron chi connectivity index (χ2n) is 7.61. The lowest BCUT2D eigenvalue weighted by Gasteiger charge is -2.07. The van der Waals surface area contributed by atoms with Crippen molar-refractivity contribution in [2.24, 2.45) is 0 Å². The minimum atomic E-state index is -3.48. The topological polar surface area (TPSA) is 81.1 Å². The molecule has 4 aromatic rings. The van der Waals surface area contributed by atoms with E-state index >= 15 is 0 Å². The van der Waals surface area contributed by atoms with E-state index in [1.54, 1.807) is 41.2 Å². The summed E-state index contributed by atoms with van der Waals surface area (Å²) < 4.78 is 26.7. The number of rotatable bonds is 8. The second-order valence-corrected chi connectivity index (χ2v) is 9.72. The highest BCUT2D eigenvalue weighted by Crippen LogP contribution is 2.24. The van der Waals surface area contributed by atoms with Crippen LogP contribution in [0.3, 0.4) is 0 Å². The lowest BCUT2D eigenvalue weighted by molar-refractivity contribution is 0.0956. The van der Waals surface area contributed by atoms with Crippen LogP contribution in [-0.4, -0.2) is 36.4 Å². The number of benzene rings is 3. The van der Waals surface area contributed by atoms with E-state index in [1.807, 2.05) is 54.6 Å². The maximum atomic E-state index is 13.1. The van der Waals surface area contributed by atoms with Crippen molar-refractivity contribution in [1.82, 2.24) is 15.1 Å². The van der Waals surface area contributed by atoms with Gasteiger partial charge in [0.2, 0.25) is 0 Å². The molecule has 6 nitrogen and oxygen atoms in total. The normalized spacial score (nSPS) is 11.3. The quantitative estimate of drug-likeness (QED) is 0.426. The van der Waals surface area contributed by atoms with Crippen molar-refractivity contribution in [2.45, 2.75) is 18.2 Å². The zero-order valence-corrected chi connectivity index (χ0v) is 19.1. The van der Waals surface area contributed by atoms with E-state index in [-0.39, 0.29) is 23.1 Å². The lowest BCUT2D eigenvalue weighted by atomic mass is 10.0. The van der Waals surface area contributed by atoms with Crippen LogP contribution in [0, 0.1) is 0 Å². The number of carbonyl (C=O) groups is 1. The zero-order chi connectivity index (χ0) is 23.3. The molecule has 0 aliphatic rings. The molecule has 1 N–H and O–H groups in total. The van der Waals surface area contributed by atoms with Crippen LogP contribution >= 0.6 is 0 Å². The molecule has 0 spiro atoms. The summed E-state index contributed by atoms with van der Waals surface area (Å²) in [6, 6.07) is 25.7. The average Bonchev–Trinajstić information content (AvgIpc) is 3.31. The number of amides is 1. The fraction of sp³-hybridized carbons (Fsp3) is 0.154. The Balaban J connectivity index is 1.58. The molecule has 0 aliphatic carbocycles. The summed E-state index contributed by atoms with van der Waals surface area (Å²) in [5, 5.41) is 7.42. The van der Waals surface area contributed by atoms with Gasteiger partial charge in [-0.3, -0.25) is 4.79 Å². The first-order valence-electron chi connectivity index (χ1n) is 10.8. The Hall–Kier alpha value is -3.71. The van der Waals surface area contributed by atoms with E-state index in [4.69, 9.17) is 0 Å². The molecular weight excluding hydrogens is 434 g/mol. The summed E-state index contributed by atoms with van der Waals surface area (Å²) in [6.07, 6.45) is 2.60. The minimum absolute atomic E-state index is 0.000784. The van der Waals surface area contributed by atoms with E-state index in [1.165, 1.54) is 5.56 Å². The second kappa shape index (κ2) is 9.83. The number of aryl methyl sites for hydroxylation is 1. The number of nitrogens with one attached hydrogen (secondary N) is 1. The number of carbonyl (C=O) groups excluding carboxylic acids is 1. The van der Waals surface area contributed by atoms with Crippen molar-refractivity contribution in [1.29, 1.82) is 0 Å². The third kappa shape index (κ3) is 5.21. The average molecular weight is 460 g/mol. The van der Waals surface area contributed by atoms with Gasteiger partial charge >= 0.3 is 0 Å². The van der Waals surface area contributed by atoms with Gasteiger partial charge in [-0.2, -0.15) is 5.10 Å². The highest BCUT2D eigenvalue weighted by molar-refractivity contribution is 7.91. The van der Waals surface area contributed by atoms with E-state index < -0.39 is 9.84 Å². The molecule has 0 saturated carbocycles. The van der Waals surface area contributed by atoms with E-state index in [9.17, 15) is 13.2 Å². The van der Waals surface area contributed by atoms with Crippen molar-refractivity contribution in [3.8, 4) is 16.9 Å². The Morgan fingerprint density at radius 2 is 1.55 bits per heavy atom. The lowest BCUT2D eigenvalue weighted by Crippen LogP contribution is -2.29. The van der Waals surface area contributed by atoms with Crippen LogP contribution in [0.15, 0.2) is 96.0 Å². The van der Waals surface area contributed by atoms with Crippen molar-refractivity contribution < 1.29 is 13.2 Å². The molecule has 1 aromatic heterocycles. The van der Waals surface area contributed by atoms with Gasteiger partial charge in [0.1, 0.15) is 5.69 Å². The fourth-order valence-electron chi connectivity index (χ4n) is 3.50. The number of aromatic nitrogens is 2. The van der Waals surface area contributed by atoms with Gasteiger partial charge in [0.25, 0.3) is 5.91 Å². The summed E-state index contributed by atoms with van der Waals surface area (Å²) in [7, 11) is -3.48. The molecule has 0 unspecified atom stereocenters. The van der Waals surface area contributed by atoms with Gasteiger partial charge in [0, 0.05) is 18.3 Å². The van der Waals surface area contributed by atoms with Gasteiger partial charge < -0.3 is 5.32 Å². The maximum Gasteiger partial charge on any atom is 0.255 e. The third-order valence-electron chi connectivity index (χ3n) is 5.37. The van der Waals surface area contributed by atoms with Gasteiger partial charge in [0.05, 0.1) is 21.9 Å². The Bertz CT molecular complexity index is 1330. The zero-order valence-electron chi connectivity index (χ0n) is 18.3. The van der Waals surface area contributed by atoms with Gasteiger partial charge in [-0.25, -0.2) is 13.1 Å². The van der Waals surface area contributed by atoms with Crippen LogP contribution in [0.5, 0.6) is 0 Å².